The number of hydrogen-bond donors (Lipinski definition) is 2. The molecule has 1 aromatic heterocycles. The molecule has 2 rings (SSSR count). The van der Waals surface area contributed by atoms with E-state index in [0.29, 0.717) is 12.2 Å². The van der Waals surface area contributed by atoms with E-state index in [4.69, 9.17) is 10.5 Å². The summed E-state index contributed by atoms with van der Waals surface area (Å²) in [6.45, 7) is 2.13. The maximum absolute atomic E-state index is 13.7. The molecule has 0 aliphatic heterocycles. The van der Waals surface area contributed by atoms with Crippen LogP contribution in [0.4, 0.5) is 4.39 Å². The summed E-state index contributed by atoms with van der Waals surface area (Å²) in [7, 11) is 0. The lowest BCUT2D eigenvalue weighted by atomic mass is 10.1. The number of aromatic amines is 1. The molecule has 0 bridgehead atoms. The SMILES string of the molecule is CCOc1ccc(-c2n[nH]nc2C(N)=O)cc1F. The largest absolute Gasteiger partial charge is 0.491 e. The van der Waals surface area contributed by atoms with Gasteiger partial charge in [-0.2, -0.15) is 15.4 Å². The molecular formula is C11H11FN4O2. The number of halogens is 1. The molecule has 94 valence electrons. The van der Waals surface area contributed by atoms with Crippen molar-refractivity contribution in [3.8, 4) is 17.0 Å². The third-order valence-corrected chi connectivity index (χ3v) is 2.29. The highest BCUT2D eigenvalue weighted by molar-refractivity contribution is 5.96. The van der Waals surface area contributed by atoms with Crippen molar-refractivity contribution < 1.29 is 13.9 Å². The quantitative estimate of drug-likeness (QED) is 0.849. The molecule has 0 aliphatic rings. The molecule has 6 nitrogen and oxygen atoms in total. The zero-order chi connectivity index (χ0) is 13.1. The average molecular weight is 250 g/mol. The highest BCUT2D eigenvalue weighted by Gasteiger charge is 2.16. The van der Waals surface area contributed by atoms with Gasteiger partial charge in [-0.3, -0.25) is 4.79 Å². The Labute approximate surface area is 102 Å². The predicted molar refractivity (Wildman–Crippen MR) is 61.5 cm³/mol. The summed E-state index contributed by atoms with van der Waals surface area (Å²) >= 11 is 0. The molecule has 0 unspecified atom stereocenters. The Morgan fingerprint density at radius 3 is 2.89 bits per heavy atom. The normalized spacial score (nSPS) is 10.3. The Balaban J connectivity index is 2.42. The minimum atomic E-state index is -0.729. The van der Waals surface area contributed by atoms with Gasteiger partial charge in [-0.05, 0) is 25.1 Å². The van der Waals surface area contributed by atoms with E-state index in [1.165, 1.54) is 12.1 Å². The third kappa shape index (κ3) is 2.15. The number of hydrogen-bond acceptors (Lipinski definition) is 4. The van der Waals surface area contributed by atoms with Gasteiger partial charge in [-0.1, -0.05) is 0 Å². The lowest BCUT2D eigenvalue weighted by molar-refractivity contribution is 0.0996. The molecule has 2 aromatic rings. The zero-order valence-corrected chi connectivity index (χ0v) is 9.61. The topological polar surface area (TPSA) is 93.9 Å². The first-order valence-corrected chi connectivity index (χ1v) is 5.26. The minimum absolute atomic E-state index is 0.0291. The standard InChI is InChI=1S/C11H11FN4O2/c1-2-18-8-4-3-6(5-7(8)12)9-10(11(13)17)15-16-14-9/h3-5H,2H2,1H3,(H2,13,17)(H,14,15,16). The summed E-state index contributed by atoms with van der Waals surface area (Å²) < 4.78 is 18.7. The number of H-pyrrole nitrogens is 1. The first-order valence-electron chi connectivity index (χ1n) is 5.26. The smallest absolute Gasteiger partial charge is 0.271 e. The molecule has 0 fully saturated rings. The van der Waals surface area contributed by atoms with Crippen molar-refractivity contribution in [2.75, 3.05) is 6.61 Å². The van der Waals surface area contributed by atoms with Crippen LogP contribution in [0.1, 0.15) is 17.4 Å². The van der Waals surface area contributed by atoms with Crippen molar-refractivity contribution in [2.24, 2.45) is 5.73 Å². The van der Waals surface area contributed by atoms with E-state index in [0.717, 1.165) is 0 Å². The van der Waals surface area contributed by atoms with Crippen molar-refractivity contribution >= 4 is 5.91 Å². The number of nitrogens with zero attached hydrogens (tertiary/aromatic N) is 2. The predicted octanol–water partition coefficient (Wildman–Crippen LogP) is 1.11. The Bertz CT molecular complexity index is 582. The fourth-order valence-corrected chi connectivity index (χ4v) is 1.52. The van der Waals surface area contributed by atoms with Gasteiger partial charge in [0, 0.05) is 5.56 Å². The van der Waals surface area contributed by atoms with E-state index < -0.39 is 11.7 Å². The van der Waals surface area contributed by atoms with Crippen LogP contribution in [0.25, 0.3) is 11.3 Å². The van der Waals surface area contributed by atoms with Crippen molar-refractivity contribution in [3.05, 3.63) is 29.7 Å². The van der Waals surface area contributed by atoms with Gasteiger partial charge in [0.25, 0.3) is 5.91 Å². The fraction of sp³-hybridized carbons (Fsp3) is 0.182. The summed E-state index contributed by atoms with van der Waals surface area (Å²) in [5, 5.41) is 9.68. The second-order valence-electron chi connectivity index (χ2n) is 3.46. The average Bonchev–Trinajstić information content (AvgIpc) is 2.81. The number of primary amides is 1. The Kier molecular flexibility index (Phi) is 3.22. The van der Waals surface area contributed by atoms with Crippen molar-refractivity contribution in [2.45, 2.75) is 6.92 Å². The van der Waals surface area contributed by atoms with Crippen molar-refractivity contribution in [1.29, 1.82) is 0 Å². The molecule has 0 spiro atoms. The number of aromatic nitrogens is 3. The van der Waals surface area contributed by atoms with Gasteiger partial charge in [0.05, 0.1) is 6.61 Å². The maximum Gasteiger partial charge on any atom is 0.271 e. The number of nitrogens with two attached hydrogens (primary N) is 1. The molecule has 7 heteroatoms. The molecule has 1 heterocycles. The number of carbonyl (C=O) groups is 1. The van der Waals surface area contributed by atoms with Gasteiger partial charge in [0.1, 0.15) is 5.69 Å². The van der Waals surface area contributed by atoms with Crippen LogP contribution in [-0.4, -0.2) is 27.9 Å². The van der Waals surface area contributed by atoms with E-state index in [1.54, 1.807) is 13.0 Å². The van der Waals surface area contributed by atoms with Crippen LogP contribution in [0.15, 0.2) is 18.2 Å². The summed E-state index contributed by atoms with van der Waals surface area (Å²) in [6, 6.07) is 4.27. The number of nitrogens with one attached hydrogen (secondary N) is 1. The number of benzene rings is 1. The maximum atomic E-state index is 13.7. The van der Waals surface area contributed by atoms with Crippen molar-refractivity contribution in [3.63, 3.8) is 0 Å². The second-order valence-corrected chi connectivity index (χ2v) is 3.46. The zero-order valence-electron chi connectivity index (χ0n) is 9.61. The minimum Gasteiger partial charge on any atom is -0.491 e. The van der Waals surface area contributed by atoms with Crippen LogP contribution < -0.4 is 10.5 Å². The van der Waals surface area contributed by atoms with E-state index in [1.807, 2.05) is 0 Å². The number of amides is 1. The van der Waals surface area contributed by atoms with Gasteiger partial charge >= 0.3 is 0 Å². The molecule has 3 N–H and O–H groups in total. The number of rotatable bonds is 4. The van der Waals surface area contributed by atoms with Gasteiger partial charge < -0.3 is 10.5 Å². The van der Waals surface area contributed by atoms with Crippen LogP contribution in [0.2, 0.25) is 0 Å². The fourth-order valence-electron chi connectivity index (χ4n) is 1.52. The van der Waals surface area contributed by atoms with E-state index >= 15 is 0 Å². The molecule has 0 radical (unpaired) electrons. The Morgan fingerprint density at radius 2 is 2.28 bits per heavy atom. The first-order chi connectivity index (χ1) is 8.63. The first kappa shape index (κ1) is 12.0. The van der Waals surface area contributed by atoms with Crippen LogP contribution in [0.3, 0.4) is 0 Å². The van der Waals surface area contributed by atoms with Crippen LogP contribution in [-0.2, 0) is 0 Å². The van der Waals surface area contributed by atoms with Gasteiger partial charge in [-0.25, -0.2) is 4.39 Å². The third-order valence-electron chi connectivity index (χ3n) is 2.29. The number of ether oxygens (including phenoxy) is 1. The Morgan fingerprint density at radius 1 is 1.50 bits per heavy atom. The Hall–Kier alpha value is -2.44. The van der Waals surface area contributed by atoms with Crippen molar-refractivity contribution in [1.82, 2.24) is 15.4 Å². The molecule has 18 heavy (non-hydrogen) atoms. The molecular weight excluding hydrogens is 239 g/mol. The lowest BCUT2D eigenvalue weighted by Gasteiger charge is -2.05. The highest BCUT2D eigenvalue weighted by atomic mass is 19.1. The molecule has 1 aromatic carbocycles. The molecule has 0 aliphatic carbocycles. The summed E-state index contributed by atoms with van der Waals surface area (Å²) in [4.78, 5) is 11.1. The molecule has 0 atom stereocenters. The van der Waals surface area contributed by atoms with Gasteiger partial charge in [0.2, 0.25) is 0 Å². The van der Waals surface area contributed by atoms with Crippen LogP contribution >= 0.6 is 0 Å². The summed E-state index contributed by atoms with van der Waals surface area (Å²) in [5.41, 5.74) is 5.72. The van der Waals surface area contributed by atoms with Gasteiger partial charge in [-0.15, -0.1) is 0 Å². The lowest BCUT2D eigenvalue weighted by Crippen LogP contribution is -2.12. The molecule has 1 amide bonds. The number of carbonyl (C=O) groups excluding carboxylic acids is 1. The molecule has 0 saturated carbocycles. The van der Waals surface area contributed by atoms with Gasteiger partial charge in [0.15, 0.2) is 17.3 Å². The highest BCUT2D eigenvalue weighted by Crippen LogP contribution is 2.25. The second kappa shape index (κ2) is 4.82. The van der Waals surface area contributed by atoms with E-state index in [9.17, 15) is 9.18 Å². The van der Waals surface area contributed by atoms with E-state index in [-0.39, 0.29) is 17.1 Å². The summed E-state index contributed by atoms with van der Waals surface area (Å²) in [5.74, 6) is -1.12. The summed E-state index contributed by atoms with van der Waals surface area (Å²) in [6.07, 6.45) is 0. The van der Waals surface area contributed by atoms with E-state index in [2.05, 4.69) is 15.4 Å². The van der Waals surface area contributed by atoms with Crippen LogP contribution in [0.5, 0.6) is 5.75 Å². The monoisotopic (exact) mass is 250 g/mol. The van der Waals surface area contributed by atoms with Crippen LogP contribution in [0, 0.1) is 5.82 Å². The molecule has 0 saturated heterocycles.